The number of morpholine rings is 1. The molecule has 0 bridgehead atoms. The molecule has 3 N–H and O–H groups in total. The van der Waals surface area contributed by atoms with Crippen LogP contribution in [0.25, 0.3) is 22.3 Å². The SMILES string of the molecule is NC(=O)c1cc(-c2ccc(C(=O)NC3CC3)cc2)cc2c1Cc1cc(C(=O)N3CCOCC3)ccc1-2. The Balaban J connectivity index is 1.32. The summed E-state index contributed by atoms with van der Waals surface area (Å²) in [5.74, 6) is -0.545. The predicted molar refractivity (Wildman–Crippen MR) is 136 cm³/mol. The van der Waals surface area contributed by atoms with Gasteiger partial charge in [-0.15, -0.1) is 0 Å². The molecule has 7 heteroatoms. The second-order valence-corrected chi connectivity index (χ2v) is 9.69. The van der Waals surface area contributed by atoms with Crippen molar-refractivity contribution in [3.8, 4) is 22.3 Å². The van der Waals surface area contributed by atoms with Gasteiger partial charge in [0.1, 0.15) is 0 Å². The van der Waals surface area contributed by atoms with Gasteiger partial charge in [0.05, 0.1) is 13.2 Å². The zero-order valence-electron chi connectivity index (χ0n) is 19.9. The highest BCUT2D eigenvalue weighted by atomic mass is 16.5. The molecule has 3 aromatic carbocycles. The second-order valence-electron chi connectivity index (χ2n) is 9.69. The summed E-state index contributed by atoms with van der Waals surface area (Å²) in [6.07, 6.45) is 2.63. The maximum atomic E-state index is 13.0. The van der Waals surface area contributed by atoms with Crippen LogP contribution in [-0.4, -0.2) is 55.0 Å². The first-order valence-corrected chi connectivity index (χ1v) is 12.4. The van der Waals surface area contributed by atoms with Crippen molar-refractivity contribution in [2.45, 2.75) is 25.3 Å². The van der Waals surface area contributed by atoms with Crippen LogP contribution in [0, 0.1) is 0 Å². The number of carbonyl (C=O) groups is 3. The number of nitrogens with two attached hydrogens (primary N) is 1. The molecular formula is C29H27N3O4. The van der Waals surface area contributed by atoms with Crippen LogP contribution in [0.15, 0.2) is 54.6 Å². The molecule has 1 aliphatic heterocycles. The van der Waals surface area contributed by atoms with E-state index in [1.807, 2.05) is 53.4 Å². The Morgan fingerprint density at radius 3 is 2.28 bits per heavy atom. The van der Waals surface area contributed by atoms with Crippen LogP contribution in [-0.2, 0) is 11.2 Å². The number of ether oxygens (including phenoxy) is 1. The van der Waals surface area contributed by atoms with E-state index in [0.29, 0.717) is 55.5 Å². The molecule has 0 aromatic heterocycles. The number of hydrogen-bond donors (Lipinski definition) is 2. The molecule has 0 atom stereocenters. The third-order valence-corrected chi connectivity index (χ3v) is 7.22. The highest BCUT2D eigenvalue weighted by Gasteiger charge is 2.27. The first-order chi connectivity index (χ1) is 17.5. The molecule has 2 fully saturated rings. The van der Waals surface area contributed by atoms with Crippen molar-refractivity contribution in [3.05, 3.63) is 82.4 Å². The Hall–Kier alpha value is -3.97. The van der Waals surface area contributed by atoms with Gasteiger partial charge in [0, 0.05) is 35.8 Å². The summed E-state index contributed by atoms with van der Waals surface area (Å²) in [6, 6.07) is 17.4. The van der Waals surface area contributed by atoms with Gasteiger partial charge in [-0.05, 0) is 89.0 Å². The Kier molecular flexibility index (Phi) is 5.57. The van der Waals surface area contributed by atoms with Crippen molar-refractivity contribution in [2.75, 3.05) is 26.3 Å². The number of benzene rings is 3. The first-order valence-electron chi connectivity index (χ1n) is 12.4. The summed E-state index contributed by atoms with van der Waals surface area (Å²) < 4.78 is 5.36. The van der Waals surface area contributed by atoms with Gasteiger partial charge in [0.2, 0.25) is 5.91 Å². The van der Waals surface area contributed by atoms with Crippen LogP contribution < -0.4 is 11.1 Å². The van der Waals surface area contributed by atoms with Gasteiger partial charge in [-0.25, -0.2) is 0 Å². The molecule has 1 heterocycles. The van der Waals surface area contributed by atoms with E-state index < -0.39 is 5.91 Å². The molecule has 2 aliphatic carbocycles. The topological polar surface area (TPSA) is 102 Å². The average Bonchev–Trinajstić information content (AvgIpc) is 3.65. The van der Waals surface area contributed by atoms with Gasteiger partial charge < -0.3 is 20.7 Å². The van der Waals surface area contributed by atoms with Crippen LogP contribution >= 0.6 is 0 Å². The Labute approximate surface area is 209 Å². The molecule has 36 heavy (non-hydrogen) atoms. The van der Waals surface area contributed by atoms with Crippen molar-refractivity contribution in [3.63, 3.8) is 0 Å². The predicted octanol–water partition coefficient (Wildman–Crippen LogP) is 3.39. The lowest BCUT2D eigenvalue weighted by atomic mass is 9.93. The van der Waals surface area contributed by atoms with Crippen LogP contribution in [0.3, 0.4) is 0 Å². The standard InChI is InChI=1S/C29H27N3O4/c30-27(33)26-15-20(17-1-3-18(4-2-17)28(34)31-22-6-7-22)14-24-23-8-5-19(13-21(23)16-25(24)26)29(35)32-9-11-36-12-10-32/h1-5,8,13-15,22H,6-7,9-12,16H2,(H2,30,33)(H,31,34). The minimum absolute atomic E-state index is 0.00122. The molecule has 1 saturated heterocycles. The Bertz CT molecular complexity index is 1390. The van der Waals surface area contributed by atoms with Gasteiger partial charge in [0.15, 0.2) is 0 Å². The second kappa shape index (κ2) is 8.91. The van der Waals surface area contributed by atoms with E-state index in [9.17, 15) is 14.4 Å². The number of carbonyl (C=O) groups excluding carboxylic acids is 3. The summed E-state index contributed by atoms with van der Waals surface area (Å²) in [4.78, 5) is 39.6. The normalized spacial score (nSPS) is 16.3. The number of amides is 3. The van der Waals surface area contributed by atoms with Crippen molar-refractivity contribution >= 4 is 17.7 Å². The molecule has 3 amide bonds. The van der Waals surface area contributed by atoms with Crippen molar-refractivity contribution in [2.24, 2.45) is 5.73 Å². The molecule has 3 aliphatic rings. The first kappa shape index (κ1) is 22.5. The monoisotopic (exact) mass is 481 g/mol. The van der Waals surface area contributed by atoms with Crippen molar-refractivity contribution < 1.29 is 19.1 Å². The number of nitrogens with zero attached hydrogens (tertiary/aromatic N) is 1. The quantitative estimate of drug-likeness (QED) is 0.456. The lowest BCUT2D eigenvalue weighted by Gasteiger charge is -2.27. The summed E-state index contributed by atoms with van der Waals surface area (Å²) in [5.41, 5.74) is 13.2. The molecule has 0 radical (unpaired) electrons. The summed E-state index contributed by atoms with van der Waals surface area (Å²) in [6.45, 7) is 2.29. The smallest absolute Gasteiger partial charge is 0.254 e. The Morgan fingerprint density at radius 2 is 1.58 bits per heavy atom. The zero-order valence-corrected chi connectivity index (χ0v) is 19.9. The summed E-state index contributed by atoms with van der Waals surface area (Å²) in [5, 5.41) is 3.00. The van der Waals surface area contributed by atoms with Gasteiger partial charge in [-0.1, -0.05) is 18.2 Å². The van der Waals surface area contributed by atoms with Crippen molar-refractivity contribution in [1.82, 2.24) is 10.2 Å². The molecule has 7 nitrogen and oxygen atoms in total. The van der Waals surface area contributed by atoms with Crippen LogP contribution in [0.1, 0.15) is 55.0 Å². The fourth-order valence-electron chi connectivity index (χ4n) is 5.07. The highest BCUT2D eigenvalue weighted by Crippen LogP contribution is 2.41. The van der Waals surface area contributed by atoms with Gasteiger partial charge >= 0.3 is 0 Å². The highest BCUT2D eigenvalue weighted by molar-refractivity contribution is 6.01. The third-order valence-electron chi connectivity index (χ3n) is 7.22. The fourth-order valence-corrected chi connectivity index (χ4v) is 5.07. The minimum atomic E-state index is -0.481. The minimum Gasteiger partial charge on any atom is -0.378 e. The molecule has 0 spiro atoms. The van der Waals surface area contributed by atoms with E-state index in [-0.39, 0.29) is 11.8 Å². The number of primary amides is 1. The third kappa shape index (κ3) is 4.16. The maximum absolute atomic E-state index is 13.0. The van der Waals surface area contributed by atoms with Crippen LogP contribution in [0.5, 0.6) is 0 Å². The van der Waals surface area contributed by atoms with E-state index in [0.717, 1.165) is 46.2 Å². The average molecular weight is 482 g/mol. The number of rotatable bonds is 5. The van der Waals surface area contributed by atoms with E-state index in [1.165, 1.54) is 0 Å². The van der Waals surface area contributed by atoms with Crippen LogP contribution in [0.4, 0.5) is 0 Å². The molecule has 3 aromatic rings. The summed E-state index contributed by atoms with van der Waals surface area (Å²) in [7, 11) is 0. The lowest BCUT2D eigenvalue weighted by Crippen LogP contribution is -2.40. The van der Waals surface area contributed by atoms with Gasteiger partial charge in [-0.2, -0.15) is 0 Å². The van der Waals surface area contributed by atoms with Gasteiger partial charge in [-0.3, -0.25) is 14.4 Å². The van der Waals surface area contributed by atoms with Crippen molar-refractivity contribution in [1.29, 1.82) is 0 Å². The van der Waals surface area contributed by atoms with Gasteiger partial charge in [0.25, 0.3) is 11.8 Å². The Morgan fingerprint density at radius 1 is 0.861 bits per heavy atom. The van der Waals surface area contributed by atoms with E-state index in [1.54, 1.807) is 0 Å². The molecule has 1 saturated carbocycles. The number of nitrogens with one attached hydrogen (secondary N) is 1. The van der Waals surface area contributed by atoms with E-state index in [2.05, 4.69) is 11.4 Å². The number of hydrogen-bond acceptors (Lipinski definition) is 4. The molecular weight excluding hydrogens is 454 g/mol. The fraction of sp³-hybridized carbons (Fsp3) is 0.276. The van der Waals surface area contributed by atoms with Crippen LogP contribution in [0.2, 0.25) is 0 Å². The molecule has 182 valence electrons. The maximum Gasteiger partial charge on any atom is 0.254 e. The van der Waals surface area contributed by atoms with E-state index >= 15 is 0 Å². The zero-order chi connectivity index (χ0) is 24.8. The van der Waals surface area contributed by atoms with E-state index in [4.69, 9.17) is 10.5 Å². The largest absolute Gasteiger partial charge is 0.378 e. The summed E-state index contributed by atoms with van der Waals surface area (Å²) >= 11 is 0. The number of fused-ring (bicyclic) bond motifs is 3. The lowest BCUT2D eigenvalue weighted by molar-refractivity contribution is 0.0303. The molecule has 6 rings (SSSR count). The molecule has 0 unspecified atom stereocenters.